The van der Waals surface area contributed by atoms with Crippen LogP contribution in [0.1, 0.15) is 4.88 Å². The molecule has 0 radical (unpaired) electrons. The lowest BCUT2D eigenvalue weighted by atomic mass is 10.1. The van der Waals surface area contributed by atoms with Gasteiger partial charge in [-0.15, -0.1) is 11.3 Å². The van der Waals surface area contributed by atoms with E-state index in [0.29, 0.717) is 6.54 Å². The van der Waals surface area contributed by atoms with Crippen LogP contribution in [0.3, 0.4) is 0 Å². The summed E-state index contributed by atoms with van der Waals surface area (Å²) in [5, 5.41) is 4.94. The zero-order valence-corrected chi connectivity index (χ0v) is 14.1. The van der Waals surface area contributed by atoms with E-state index in [1.807, 2.05) is 66.0 Å². The highest BCUT2D eigenvalue weighted by Crippen LogP contribution is 2.29. The van der Waals surface area contributed by atoms with Crippen LogP contribution in [-0.4, -0.2) is 19.1 Å². The molecule has 122 valence electrons. The Bertz CT molecular complexity index is 769. The first kappa shape index (κ1) is 16.3. The van der Waals surface area contributed by atoms with E-state index in [2.05, 4.69) is 11.4 Å². The lowest BCUT2D eigenvalue weighted by Crippen LogP contribution is -2.30. The molecule has 1 amide bonds. The van der Waals surface area contributed by atoms with Gasteiger partial charge in [-0.1, -0.05) is 54.6 Å². The Hall–Kier alpha value is -2.59. The maximum absolute atomic E-state index is 12.0. The number of hydrogen-bond donors (Lipinski definition) is 1. The van der Waals surface area contributed by atoms with Crippen molar-refractivity contribution in [2.45, 2.75) is 6.42 Å². The summed E-state index contributed by atoms with van der Waals surface area (Å²) in [4.78, 5) is 13.2. The molecule has 0 saturated heterocycles. The Balaban J connectivity index is 1.54. The predicted octanol–water partition coefficient (Wildman–Crippen LogP) is 4.15. The minimum absolute atomic E-state index is 0.0221. The Morgan fingerprint density at radius 2 is 1.75 bits per heavy atom. The minimum Gasteiger partial charge on any atom is -0.483 e. The first-order valence-electron chi connectivity index (χ1n) is 7.89. The SMILES string of the molecule is O=C(COc1ccccc1-c1ccccc1)NCCc1cccs1. The van der Waals surface area contributed by atoms with Gasteiger partial charge in [0.05, 0.1) is 0 Å². The Labute approximate surface area is 145 Å². The van der Waals surface area contributed by atoms with Crippen LogP contribution < -0.4 is 10.1 Å². The molecule has 2 aromatic carbocycles. The molecule has 0 fully saturated rings. The highest BCUT2D eigenvalue weighted by Gasteiger charge is 2.08. The van der Waals surface area contributed by atoms with Crippen LogP contribution in [0, 0.1) is 0 Å². The van der Waals surface area contributed by atoms with Gasteiger partial charge in [-0.2, -0.15) is 0 Å². The van der Waals surface area contributed by atoms with Crippen LogP contribution in [0.5, 0.6) is 5.75 Å². The van der Waals surface area contributed by atoms with E-state index in [-0.39, 0.29) is 12.5 Å². The highest BCUT2D eigenvalue weighted by molar-refractivity contribution is 7.09. The second-order valence-electron chi connectivity index (χ2n) is 5.33. The first-order valence-corrected chi connectivity index (χ1v) is 8.77. The molecule has 0 aliphatic heterocycles. The third kappa shape index (κ3) is 4.46. The van der Waals surface area contributed by atoms with Crippen LogP contribution in [-0.2, 0) is 11.2 Å². The number of nitrogens with one attached hydrogen (secondary N) is 1. The summed E-state index contributed by atoms with van der Waals surface area (Å²) in [6.45, 7) is 0.650. The van der Waals surface area contributed by atoms with Crippen LogP contribution in [0.2, 0.25) is 0 Å². The monoisotopic (exact) mass is 337 g/mol. The third-order valence-corrected chi connectivity index (χ3v) is 4.54. The van der Waals surface area contributed by atoms with Crippen molar-refractivity contribution in [2.24, 2.45) is 0 Å². The summed E-state index contributed by atoms with van der Waals surface area (Å²) in [6.07, 6.45) is 0.851. The van der Waals surface area contributed by atoms with Crippen molar-refractivity contribution in [2.75, 3.05) is 13.2 Å². The van der Waals surface area contributed by atoms with Gasteiger partial charge in [0.2, 0.25) is 0 Å². The van der Waals surface area contributed by atoms with E-state index in [9.17, 15) is 4.79 Å². The van der Waals surface area contributed by atoms with Crippen molar-refractivity contribution < 1.29 is 9.53 Å². The molecule has 0 bridgehead atoms. The van der Waals surface area contributed by atoms with Gasteiger partial charge in [0.1, 0.15) is 5.75 Å². The molecule has 4 heteroatoms. The average molecular weight is 337 g/mol. The molecule has 24 heavy (non-hydrogen) atoms. The molecule has 1 heterocycles. The molecule has 0 aliphatic rings. The summed E-state index contributed by atoms with van der Waals surface area (Å²) < 4.78 is 5.73. The molecule has 0 aliphatic carbocycles. The second-order valence-corrected chi connectivity index (χ2v) is 6.36. The molecular formula is C20H19NO2S. The van der Waals surface area contributed by atoms with Gasteiger partial charge in [0.25, 0.3) is 5.91 Å². The number of para-hydroxylation sites is 1. The second kappa shape index (κ2) is 8.31. The normalized spacial score (nSPS) is 10.3. The summed E-state index contributed by atoms with van der Waals surface area (Å²) >= 11 is 1.70. The fourth-order valence-corrected chi connectivity index (χ4v) is 3.13. The topological polar surface area (TPSA) is 38.3 Å². The van der Waals surface area contributed by atoms with Gasteiger partial charge in [0, 0.05) is 17.0 Å². The molecule has 0 saturated carbocycles. The zero-order valence-electron chi connectivity index (χ0n) is 13.3. The minimum atomic E-state index is -0.102. The van der Waals surface area contributed by atoms with Gasteiger partial charge in [0.15, 0.2) is 6.61 Å². The molecule has 3 rings (SSSR count). The molecule has 3 aromatic rings. The zero-order chi connectivity index (χ0) is 16.6. The van der Waals surface area contributed by atoms with Gasteiger partial charge >= 0.3 is 0 Å². The van der Waals surface area contributed by atoms with E-state index in [4.69, 9.17) is 4.74 Å². The largest absolute Gasteiger partial charge is 0.483 e. The summed E-state index contributed by atoms with van der Waals surface area (Å²) in [7, 11) is 0. The summed E-state index contributed by atoms with van der Waals surface area (Å²) in [6, 6.07) is 21.9. The number of benzene rings is 2. The van der Waals surface area contributed by atoms with Crippen molar-refractivity contribution >= 4 is 17.2 Å². The molecule has 0 unspecified atom stereocenters. The molecule has 3 nitrogen and oxygen atoms in total. The van der Waals surface area contributed by atoms with Crippen LogP contribution in [0.25, 0.3) is 11.1 Å². The fraction of sp³-hybridized carbons (Fsp3) is 0.150. The van der Waals surface area contributed by atoms with Crippen molar-refractivity contribution in [3.8, 4) is 16.9 Å². The number of carbonyl (C=O) groups excluding carboxylic acids is 1. The van der Waals surface area contributed by atoms with E-state index >= 15 is 0 Å². The number of amides is 1. The summed E-state index contributed by atoms with van der Waals surface area (Å²) in [5.74, 6) is 0.617. The molecule has 1 aromatic heterocycles. The van der Waals surface area contributed by atoms with Gasteiger partial charge < -0.3 is 10.1 Å². The van der Waals surface area contributed by atoms with Gasteiger partial charge in [-0.3, -0.25) is 4.79 Å². The number of hydrogen-bond acceptors (Lipinski definition) is 3. The van der Waals surface area contributed by atoms with E-state index in [1.165, 1.54) is 4.88 Å². The lowest BCUT2D eigenvalue weighted by molar-refractivity contribution is -0.123. The summed E-state index contributed by atoms with van der Waals surface area (Å²) in [5.41, 5.74) is 2.07. The molecular weight excluding hydrogens is 318 g/mol. The number of rotatable bonds is 7. The van der Waals surface area contributed by atoms with E-state index in [0.717, 1.165) is 23.3 Å². The number of ether oxygens (including phenoxy) is 1. The van der Waals surface area contributed by atoms with Crippen molar-refractivity contribution in [3.05, 3.63) is 77.0 Å². The van der Waals surface area contributed by atoms with Gasteiger partial charge in [-0.05, 0) is 29.5 Å². The van der Waals surface area contributed by atoms with E-state index in [1.54, 1.807) is 11.3 Å². The van der Waals surface area contributed by atoms with Crippen LogP contribution >= 0.6 is 11.3 Å². The van der Waals surface area contributed by atoms with Crippen LogP contribution in [0.15, 0.2) is 72.1 Å². The maximum atomic E-state index is 12.0. The standard InChI is InChI=1S/C20H19NO2S/c22-20(21-13-12-17-9-6-14-24-17)15-23-19-11-5-4-10-18(19)16-7-2-1-3-8-16/h1-11,14H,12-13,15H2,(H,21,22). The molecule has 0 atom stereocenters. The highest BCUT2D eigenvalue weighted by atomic mass is 32.1. The Morgan fingerprint density at radius 3 is 2.54 bits per heavy atom. The first-order chi connectivity index (χ1) is 11.8. The quantitative estimate of drug-likeness (QED) is 0.703. The Kier molecular flexibility index (Phi) is 5.64. The fourth-order valence-electron chi connectivity index (χ4n) is 2.42. The van der Waals surface area contributed by atoms with Crippen LogP contribution in [0.4, 0.5) is 0 Å². The van der Waals surface area contributed by atoms with Crippen molar-refractivity contribution in [1.82, 2.24) is 5.32 Å². The Morgan fingerprint density at radius 1 is 0.958 bits per heavy atom. The smallest absolute Gasteiger partial charge is 0.257 e. The van der Waals surface area contributed by atoms with Gasteiger partial charge in [-0.25, -0.2) is 0 Å². The average Bonchev–Trinajstić information content (AvgIpc) is 3.14. The van der Waals surface area contributed by atoms with E-state index < -0.39 is 0 Å². The van der Waals surface area contributed by atoms with Crippen molar-refractivity contribution in [3.63, 3.8) is 0 Å². The third-order valence-electron chi connectivity index (χ3n) is 3.60. The molecule has 0 spiro atoms. The predicted molar refractivity (Wildman–Crippen MR) is 98.4 cm³/mol. The van der Waals surface area contributed by atoms with Crippen molar-refractivity contribution in [1.29, 1.82) is 0 Å². The molecule has 1 N–H and O–H groups in total. The number of carbonyl (C=O) groups is 1. The maximum Gasteiger partial charge on any atom is 0.257 e. The lowest BCUT2D eigenvalue weighted by Gasteiger charge is -2.11. The number of thiophene rings is 1.